The highest BCUT2D eigenvalue weighted by Crippen LogP contribution is 2.26. The van der Waals surface area contributed by atoms with Crippen LogP contribution < -0.4 is 10.6 Å². The highest BCUT2D eigenvalue weighted by molar-refractivity contribution is 7.10. The van der Waals surface area contributed by atoms with E-state index in [9.17, 15) is 0 Å². The summed E-state index contributed by atoms with van der Waals surface area (Å²) < 4.78 is 5.52. The van der Waals surface area contributed by atoms with Gasteiger partial charge in [-0.05, 0) is 36.4 Å². The lowest BCUT2D eigenvalue weighted by Gasteiger charge is -2.33. The van der Waals surface area contributed by atoms with E-state index in [1.807, 2.05) is 18.3 Å². The molecule has 1 unspecified atom stereocenters. The Bertz CT molecular complexity index is 717. The maximum atomic E-state index is 5.85. The van der Waals surface area contributed by atoms with E-state index < -0.39 is 0 Å². The van der Waals surface area contributed by atoms with Crippen LogP contribution in [0.4, 0.5) is 0 Å². The number of guanidine groups is 1. The van der Waals surface area contributed by atoms with Crippen LogP contribution in [0.2, 0.25) is 5.15 Å². The minimum Gasteiger partial charge on any atom is -0.379 e. The predicted molar refractivity (Wildman–Crippen MR) is 116 cm³/mol. The Morgan fingerprint density at radius 3 is 2.86 bits per heavy atom. The van der Waals surface area contributed by atoms with Crippen LogP contribution in [0.25, 0.3) is 0 Å². The first-order valence-corrected chi connectivity index (χ1v) is 11.0. The molecule has 1 aliphatic rings. The quantitative estimate of drug-likeness (QED) is 0.390. The second-order valence-corrected chi connectivity index (χ2v) is 7.93. The summed E-state index contributed by atoms with van der Waals surface area (Å²) in [6.07, 6.45) is 2.69. The Labute approximate surface area is 176 Å². The van der Waals surface area contributed by atoms with Crippen LogP contribution >= 0.6 is 22.9 Å². The van der Waals surface area contributed by atoms with Crippen molar-refractivity contribution in [3.8, 4) is 0 Å². The van der Waals surface area contributed by atoms with Crippen LogP contribution in [0.3, 0.4) is 0 Å². The molecule has 0 spiro atoms. The van der Waals surface area contributed by atoms with E-state index in [-0.39, 0.29) is 0 Å². The second kappa shape index (κ2) is 11.4. The van der Waals surface area contributed by atoms with Gasteiger partial charge in [0.05, 0.1) is 25.8 Å². The number of pyridine rings is 1. The second-order valence-electron chi connectivity index (χ2n) is 6.57. The topological polar surface area (TPSA) is 61.8 Å². The summed E-state index contributed by atoms with van der Waals surface area (Å²) in [5.74, 6) is 0.847. The van der Waals surface area contributed by atoms with Crippen molar-refractivity contribution in [2.75, 3.05) is 45.9 Å². The average Bonchev–Trinajstić information content (AvgIpc) is 3.25. The lowest BCUT2D eigenvalue weighted by Crippen LogP contribution is -2.42. The zero-order chi connectivity index (χ0) is 19.6. The molecule has 0 amide bonds. The molecule has 0 aliphatic carbocycles. The monoisotopic (exact) mass is 421 g/mol. The molecule has 1 fully saturated rings. The first kappa shape index (κ1) is 21.0. The zero-order valence-corrected chi connectivity index (χ0v) is 17.8. The molecule has 0 saturated carbocycles. The van der Waals surface area contributed by atoms with Crippen LogP contribution in [0.5, 0.6) is 0 Å². The van der Waals surface area contributed by atoms with Gasteiger partial charge in [0.25, 0.3) is 0 Å². The largest absolute Gasteiger partial charge is 0.379 e. The molecule has 2 aromatic rings. The van der Waals surface area contributed by atoms with Crippen molar-refractivity contribution in [1.29, 1.82) is 0 Å². The van der Waals surface area contributed by atoms with Crippen LogP contribution in [0, 0.1) is 0 Å². The molecule has 0 bridgehead atoms. The Balaban J connectivity index is 1.59. The minimum absolute atomic E-state index is 0.292. The van der Waals surface area contributed by atoms with Gasteiger partial charge in [0.15, 0.2) is 5.96 Å². The molecule has 0 radical (unpaired) electrons. The molecule has 3 rings (SSSR count). The highest BCUT2D eigenvalue weighted by atomic mass is 35.5. The first-order chi connectivity index (χ1) is 13.8. The summed E-state index contributed by atoms with van der Waals surface area (Å²) in [5.41, 5.74) is 1.15. The summed E-state index contributed by atoms with van der Waals surface area (Å²) >= 11 is 7.64. The average molecular weight is 422 g/mol. The number of halogens is 1. The smallest absolute Gasteiger partial charge is 0.191 e. The van der Waals surface area contributed by atoms with Gasteiger partial charge in [0.2, 0.25) is 0 Å². The summed E-state index contributed by atoms with van der Waals surface area (Å²) in [6.45, 7) is 7.90. The van der Waals surface area contributed by atoms with Crippen molar-refractivity contribution in [2.24, 2.45) is 4.99 Å². The highest BCUT2D eigenvalue weighted by Gasteiger charge is 2.23. The van der Waals surface area contributed by atoms with Crippen molar-refractivity contribution in [1.82, 2.24) is 20.5 Å². The SMILES string of the molecule is CCNC(=NCC(c1cccs1)N1CCOCC1)NCCc1ccc(Cl)nc1. The number of rotatable bonds is 8. The van der Waals surface area contributed by atoms with Crippen LogP contribution in [-0.4, -0.2) is 61.8 Å². The number of aromatic nitrogens is 1. The van der Waals surface area contributed by atoms with Gasteiger partial charge in [-0.2, -0.15) is 0 Å². The van der Waals surface area contributed by atoms with Crippen molar-refractivity contribution < 1.29 is 4.74 Å². The van der Waals surface area contributed by atoms with E-state index in [0.29, 0.717) is 11.2 Å². The maximum Gasteiger partial charge on any atom is 0.191 e. The van der Waals surface area contributed by atoms with E-state index in [1.165, 1.54) is 4.88 Å². The van der Waals surface area contributed by atoms with E-state index in [1.54, 1.807) is 11.3 Å². The van der Waals surface area contributed by atoms with Gasteiger partial charge < -0.3 is 15.4 Å². The summed E-state index contributed by atoms with van der Waals surface area (Å²) in [4.78, 5) is 12.8. The number of nitrogens with zero attached hydrogens (tertiary/aromatic N) is 3. The van der Waals surface area contributed by atoms with Crippen molar-refractivity contribution in [2.45, 2.75) is 19.4 Å². The van der Waals surface area contributed by atoms with E-state index in [0.717, 1.165) is 63.9 Å². The normalized spacial score (nSPS) is 16.7. The number of morpholine rings is 1. The molecule has 2 N–H and O–H groups in total. The lowest BCUT2D eigenvalue weighted by atomic mass is 10.2. The molecule has 6 nitrogen and oxygen atoms in total. The van der Waals surface area contributed by atoms with Gasteiger partial charge in [-0.1, -0.05) is 23.7 Å². The molecule has 1 aliphatic heterocycles. The van der Waals surface area contributed by atoms with E-state index in [4.69, 9.17) is 21.3 Å². The summed E-state index contributed by atoms with van der Waals surface area (Å²) in [5, 5.41) is 9.43. The van der Waals surface area contributed by atoms with Crippen molar-refractivity contribution in [3.05, 3.63) is 51.4 Å². The molecule has 0 aromatic carbocycles. The van der Waals surface area contributed by atoms with Crippen LogP contribution in [0.15, 0.2) is 40.8 Å². The van der Waals surface area contributed by atoms with Crippen LogP contribution in [0.1, 0.15) is 23.4 Å². The third kappa shape index (κ3) is 6.44. The standard InChI is InChI=1S/C20H28ClN5OS/c1-2-22-20(23-8-7-16-5-6-19(21)24-14-16)25-15-17(18-4-3-13-28-18)26-9-11-27-12-10-26/h3-6,13-14,17H,2,7-12,15H2,1H3,(H2,22,23,25). The molecule has 28 heavy (non-hydrogen) atoms. The number of ether oxygens (including phenoxy) is 1. The van der Waals surface area contributed by atoms with Gasteiger partial charge in [-0.3, -0.25) is 9.89 Å². The molecule has 1 saturated heterocycles. The van der Waals surface area contributed by atoms with Gasteiger partial charge >= 0.3 is 0 Å². The number of hydrogen-bond donors (Lipinski definition) is 2. The van der Waals surface area contributed by atoms with Gasteiger partial charge in [0.1, 0.15) is 5.15 Å². The molecule has 152 valence electrons. The Kier molecular flexibility index (Phi) is 8.54. The molecule has 3 heterocycles. The fraction of sp³-hybridized carbons (Fsp3) is 0.500. The zero-order valence-electron chi connectivity index (χ0n) is 16.2. The van der Waals surface area contributed by atoms with Crippen molar-refractivity contribution >= 4 is 28.9 Å². The number of hydrogen-bond acceptors (Lipinski definition) is 5. The van der Waals surface area contributed by atoms with Gasteiger partial charge in [-0.15, -0.1) is 11.3 Å². The Morgan fingerprint density at radius 1 is 1.32 bits per heavy atom. The third-order valence-corrected chi connectivity index (χ3v) is 5.82. The first-order valence-electron chi connectivity index (χ1n) is 9.74. The minimum atomic E-state index is 0.292. The fourth-order valence-corrected chi connectivity index (χ4v) is 4.12. The van der Waals surface area contributed by atoms with Gasteiger partial charge in [-0.25, -0.2) is 4.98 Å². The van der Waals surface area contributed by atoms with Crippen LogP contribution in [-0.2, 0) is 11.2 Å². The molecule has 2 aromatic heterocycles. The van der Waals surface area contributed by atoms with E-state index in [2.05, 4.69) is 45.0 Å². The Morgan fingerprint density at radius 2 is 2.18 bits per heavy atom. The molecular formula is C20H28ClN5OS. The fourth-order valence-electron chi connectivity index (χ4n) is 3.15. The van der Waals surface area contributed by atoms with Gasteiger partial charge in [0, 0.05) is 37.3 Å². The number of nitrogens with one attached hydrogen (secondary N) is 2. The third-order valence-electron chi connectivity index (χ3n) is 4.62. The molecule has 8 heteroatoms. The maximum absolute atomic E-state index is 5.85. The Hall–Kier alpha value is -1.67. The van der Waals surface area contributed by atoms with E-state index >= 15 is 0 Å². The number of thiophene rings is 1. The summed E-state index contributed by atoms with van der Waals surface area (Å²) in [6, 6.07) is 8.44. The molecule has 1 atom stereocenters. The number of aliphatic imine (C=N–C) groups is 1. The van der Waals surface area contributed by atoms with Crippen molar-refractivity contribution in [3.63, 3.8) is 0 Å². The lowest BCUT2D eigenvalue weighted by molar-refractivity contribution is 0.0186. The summed E-state index contributed by atoms with van der Waals surface area (Å²) in [7, 11) is 0. The predicted octanol–water partition coefficient (Wildman–Crippen LogP) is 2.97. The molecular weight excluding hydrogens is 394 g/mol.